The number of hydrogen-bond donors (Lipinski definition) is 1. The highest BCUT2D eigenvalue weighted by atomic mass is 19.2. The van der Waals surface area contributed by atoms with E-state index in [1.807, 2.05) is 0 Å². The van der Waals surface area contributed by atoms with Crippen molar-refractivity contribution in [3.05, 3.63) is 94.6 Å². The summed E-state index contributed by atoms with van der Waals surface area (Å²) in [6, 6.07) is 11.2. The molecule has 0 unspecified atom stereocenters. The van der Waals surface area contributed by atoms with Crippen LogP contribution in [0.3, 0.4) is 0 Å². The number of halogens is 4. The minimum absolute atomic E-state index is 0.0874. The fourth-order valence-electron chi connectivity index (χ4n) is 2.62. The molecule has 3 rings (SSSR count). The first kappa shape index (κ1) is 23.6. The van der Waals surface area contributed by atoms with Gasteiger partial charge in [0.15, 0.2) is 23.3 Å². The van der Waals surface area contributed by atoms with E-state index in [2.05, 4.69) is 9.99 Å². The Balaban J connectivity index is 1.76. The summed E-state index contributed by atoms with van der Waals surface area (Å²) < 4.78 is 64.3. The van der Waals surface area contributed by atoms with E-state index in [0.717, 1.165) is 24.3 Å². The molecule has 10 heteroatoms. The highest BCUT2D eigenvalue weighted by Crippen LogP contribution is 2.25. The van der Waals surface area contributed by atoms with Crippen LogP contribution in [0.1, 0.15) is 16.7 Å². The van der Waals surface area contributed by atoms with Crippen LogP contribution in [0.15, 0.2) is 59.8 Å². The summed E-state index contributed by atoms with van der Waals surface area (Å²) in [5, 5.41) is 12.1. The number of rotatable bonds is 10. The fraction of sp³-hybridized carbons (Fsp3) is 0.130. The molecule has 0 atom stereocenters. The van der Waals surface area contributed by atoms with Gasteiger partial charge >= 0.3 is 5.97 Å². The summed E-state index contributed by atoms with van der Waals surface area (Å²) in [6.07, 6.45) is 1.22. The first-order chi connectivity index (χ1) is 15.8. The lowest BCUT2D eigenvalue weighted by Crippen LogP contribution is -2.03. The van der Waals surface area contributed by atoms with Crippen LogP contribution >= 0.6 is 0 Å². The van der Waals surface area contributed by atoms with Crippen LogP contribution in [-0.4, -0.2) is 23.9 Å². The molecule has 0 saturated heterocycles. The van der Waals surface area contributed by atoms with E-state index in [4.69, 9.17) is 14.6 Å². The number of carbonyl (C=O) groups is 1. The zero-order valence-corrected chi connectivity index (χ0v) is 16.9. The van der Waals surface area contributed by atoms with Gasteiger partial charge in [0.1, 0.15) is 24.7 Å². The zero-order chi connectivity index (χ0) is 23.8. The van der Waals surface area contributed by atoms with Gasteiger partial charge in [-0.3, -0.25) is 0 Å². The van der Waals surface area contributed by atoms with Gasteiger partial charge in [0.2, 0.25) is 6.61 Å². The van der Waals surface area contributed by atoms with Gasteiger partial charge < -0.3 is 19.4 Å². The second kappa shape index (κ2) is 11.0. The Hall–Kier alpha value is -4.08. The van der Waals surface area contributed by atoms with Gasteiger partial charge in [-0.15, -0.1) is 0 Å². The van der Waals surface area contributed by atoms with Gasteiger partial charge in [-0.1, -0.05) is 17.3 Å². The second-order valence-electron chi connectivity index (χ2n) is 6.71. The van der Waals surface area contributed by atoms with Crippen molar-refractivity contribution in [3.63, 3.8) is 0 Å². The van der Waals surface area contributed by atoms with Gasteiger partial charge in [0.05, 0.1) is 6.21 Å². The van der Waals surface area contributed by atoms with E-state index in [1.54, 1.807) is 0 Å². The quantitative estimate of drug-likeness (QED) is 0.265. The Bertz CT molecular complexity index is 1100. The first-order valence-electron chi connectivity index (χ1n) is 9.46. The topological polar surface area (TPSA) is 77.4 Å². The molecule has 172 valence electrons. The Labute approximate surface area is 185 Å². The van der Waals surface area contributed by atoms with Crippen molar-refractivity contribution in [1.82, 2.24) is 0 Å². The third kappa shape index (κ3) is 7.23. The first-order valence-corrected chi connectivity index (χ1v) is 9.46. The molecular weight excluding hydrogens is 446 g/mol. The molecule has 3 aromatic rings. The van der Waals surface area contributed by atoms with Gasteiger partial charge in [-0.25, -0.2) is 22.4 Å². The molecule has 0 heterocycles. The molecule has 0 spiro atoms. The van der Waals surface area contributed by atoms with Crippen LogP contribution in [0.4, 0.5) is 17.6 Å². The Morgan fingerprint density at radius 1 is 0.788 bits per heavy atom. The number of ether oxygens (including phenoxy) is 2. The van der Waals surface area contributed by atoms with E-state index in [1.165, 1.54) is 36.5 Å². The maximum Gasteiger partial charge on any atom is 0.344 e. The predicted octanol–water partition coefficient (Wildman–Crippen LogP) is 4.84. The molecule has 1 N–H and O–H groups in total. The number of nitrogens with zero attached hydrogens (tertiary/aromatic N) is 1. The van der Waals surface area contributed by atoms with E-state index < -0.39 is 35.8 Å². The van der Waals surface area contributed by atoms with Crippen LogP contribution in [0.25, 0.3) is 0 Å². The smallest absolute Gasteiger partial charge is 0.344 e. The zero-order valence-electron chi connectivity index (χ0n) is 16.9. The predicted molar refractivity (Wildman–Crippen MR) is 109 cm³/mol. The lowest BCUT2D eigenvalue weighted by Gasteiger charge is -2.12. The van der Waals surface area contributed by atoms with Gasteiger partial charge in [-0.2, -0.15) is 0 Å². The van der Waals surface area contributed by atoms with Crippen LogP contribution in [0.5, 0.6) is 11.5 Å². The lowest BCUT2D eigenvalue weighted by atomic mass is 10.2. The van der Waals surface area contributed by atoms with Gasteiger partial charge in [0.25, 0.3) is 0 Å². The van der Waals surface area contributed by atoms with Crippen molar-refractivity contribution in [2.24, 2.45) is 5.16 Å². The van der Waals surface area contributed by atoms with Crippen LogP contribution < -0.4 is 9.47 Å². The molecule has 0 radical (unpaired) electrons. The van der Waals surface area contributed by atoms with Crippen LogP contribution in [0, 0.1) is 23.3 Å². The van der Waals surface area contributed by atoms with E-state index in [9.17, 15) is 22.4 Å². The van der Waals surface area contributed by atoms with Crippen LogP contribution in [-0.2, 0) is 22.8 Å². The second-order valence-corrected chi connectivity index (χ2v) is 6.71. The number of benzene rings is 3. The molecule has 0 aliphatic heterocycles. The van der Waals surface area contributed by atoms with E-state index >= 15 is 0 Å². The van der Waals surface area contributed by atoms with E-state index in [0.29, 0.717) is 16.7 Å². The Morgan fingerprint density at radius 2 is 1.30 bits per heavy atom. The highest BCUT2D eigenvalue weighted by molar-refractivity contribution is 5.80. The number of hydrogen-bond acceptors (Lipinski definition) is 5. The highest BCUT2D eigenvalue weighted by Gasteiger charge is 2.08. The van der Waals surface area contributed by atoms with Crippen molar-refractivity contribution in [1.29, 1.82) is 0 Å². The average Bonchev–Trinajstić information content (AvgIpc) is 2.78. The maximum absolute atomic E-state index is 13.4. The van der Waals surface area contributed by atoms with E-state index in [-0.39, 0.29) is 24.7 Å². The Morgan fingerprint density at radius 3 is 1.76 bits per heavy atom. The molecule has 0 aromatic heterocycles. The van der Waals surface area contributed by atoms with Crippen molar-refractivity contribution in [3.8, 4) is 11.5 Å². The summed E-state index contributed by atoms with van der Waals surface area (Å²) in [5.41, 5.74) is 1.16. The van der Waals surface area contributed by atoms with Crippen molar-refractivity contribution in [2.75, 3.05) is 6.61 Å². The summed E-state index contributed by atoms with van der Waals surface area (Å²) in [6.45, 7) is -0.811. The Kier molecular flexibility index (Phi) is 7.85. The lowest BCUT2D eigenvalue weighted by molar-refractivity contribution is -0.142. The molecule has 0 aliphatic carbocycles. The van der Waals surface area contributed by atoms with Gasteiger partial charge in [-0.05, 0) is 47.5 Å². The van der Waals surface area contributed by atoms with Crippen molar-refractivity contribution < 1.29 is 41.8 Å². The SMILES string of the molecule is O=C(O)CO/N=C/c1cc(OCc2ccc(F)c(F)c2)cc(OCc2ccc(F)c(F)c2)c1. The molecule has 0 fully saturated rings. The third-order valence-electron chi connectivity index (χ3n) is 4.15. The molecule has 0 saturated carbocycles. The molecule has 0 bridgehead atoms. The summed E-state index contributed by atoms with van der Waals surface area (Å²) >= 11 is 0. The fourth-order valence-corrected chi connectivity index (χ4v) is 2.62. The number of carboxylic acid groups (broad SMARTS) is 1. The standard InChI is InChI=1S/C23H17F4NO5/c24-19-3-1-14(7-21(19)26)11-31-17-5-16(10-28-33-13-23(29)30)6-18(9-17)32-12-15-2-4-20(25)22(27)8-15/h1-10H,11-13H2,(H,29,30)/b28-10+. The largest absolute Gasteiger partial charge is 0.489 e. The minimum Gasteiger partial charge on any atom is -0.489 e. The molecular formula is C23H17F4NO5. The molecule has 33 heavy (non-hydrogen) atoms. The number of oxime groups is 1. The average molecular weight is 463 g/mol. The van der Waals surface area contributed by atoms with Crippen molar-refractivity contribution >= 4 is 12.2 Å². The monoisotopic (exact) mass is 463 g/mol. The maximum atomic E-state index is 13.4. The number of aliphatic carboxylic acids is 1. The molecule has 0 amide bonds. The summed E-state index contributed by atoms with van der Waals surface area (Å²) in [5.74, 6) is -4.65. The molecule has 6 nitrogen and oxygen atoms in total. The third-order valence-corrected chi connectivity index (χ3v) is 4.15. The normalized spacial score (nSPS) is 10.9. The summed E-state index contributed by atoms with van der Waals surface area (Å²) in [7, 11) is 0. The molecule has 3 aromatic carbocycles. The van der Waals surface area contributed by atoms with Gasteiger partial charge in [0, 0.05) is 11.6 Å². The number of carboxylic acids is 1. The minimum atomic E-state index is -1.20. The summed E-state index contributed by atoms with van der Waals surface area (Å²) in [4.78, 5) is 15.1. The van der Waals surface area contributed by atoms with Crippen LogP contribution in [0.2, 0.25) is 0 Å². The molecule has 0 aliphatic rings. The van der Waals surface area contributed by atoms with Crippen molar-refractivity contribution in [2.45, 2.75) is 13.2 Å².